The molecule has 0 saturated carbocycles. The number of hydrogen-bond donors (Lipinski definition) is 1. The Morgan fingerprint density at radius 2 is 2.03 bits per heavy atom. The Hall–Kier alpha value is -3.20. The number of nitrogens with one attached hydrogen (secondary N) is 1. The average Bonchev–Trinajstić information content (AvgIpc) is 3.18. The van der Waals surface area contributed by atoms with Crippen molar-refractivity contribution in [1.82, 2.24) is 25.1 Å². The quantitative estimate of drug-likeness (QED) is 0.610. The first-order chi connectivity index (χ1) is 15.6. The molecular formula is C23H27N5O4. The van der Waals surface area contributed by atoms with Crippen molar-refractivity contribution in [3.63, 3.8) is 0 Å². The summed E-state index contributed by atoms with van der Waals surface area (Å²) in [5, 5.41) is 8.62. The van der Waals surface area contributed by atoms with Crippen molar-refractivity contribution in [2.75, 3.05) is 13.2 Å². The second-order valence-electron chi connectivity index (χ2n) is 8.28. The van der Waals surface area contributed by atoms with E-state index in [0.717, 1.165) is 48.2 Å². The van der Waals surface area contributed by atoms with Crippen LogP contribution in [-0.2, 0) is 9.47 Å². The minimum Gasteiger partial charge on any atom is -0.491 e. The molecule has 9 nitrogen and oxygen atoms in total. The summed E-state index contributed by atoms with van der Waals surface area (Å²) >= 11 is 0. The van der Waals surface area contributed by atoms with Gasteiger partial charge in [-0.25, -0.2) is 19.4 Å². The highest BCUT2D eigenvalue weighted by molar-refractivity contribution is 5.93. The number of ether oxygens (including phenoxy) is 3. The highest BCUT2D eigenvalue weighted by Crippen LogP contribution is 2.34. The number of aromatic nitrogens is 4. The van der Waals surface area contributed by atoms with E-state index in [4.69, 9.17) is 19.3 Å². The van der Waals surface area contributed by atoms with Gasteiger partial charge in [-0.05, 0) is 57.4 Å². The summed E-state index contributed by atoms with van der Waals surface area (Å²) in [4.78, 5) is 21.2. The van der Waals surface area contributed by atoms with Crippen molar-refractivity contribution in [1.29, 1.82) is 0 Å². The highest BCUT2D eigenvalue weighted by atomic mass is 16.6. The Balaban J connectivity index is 1.65. The van der Waals surface area contributed by atoms with Crippen LogP contribution in [0.5, 0.6) is 5.75 Å². The van der Waals surface area contributed by atoms with Gasteiger partial charge in [-0.3, -0.25) is 0 Å². The van der Waals surface area contributed by atoms with E-state index in [0.29, 0.717) is 24.5 Å². The zero-order chi connectivity index (χ0) is 22.1. The third-order valence-electron chi connectivity index (χ3n) is 5.83. The number of rotatable bonds is 1. The van der Waals surface area contributed by atoms with Crippen LogP contribution in [0.25, 0.3) is 22.3 Å². The van der Waals surface area contributed by atoms with E-state index in [1.807, 2.05) is 35.9 Å². The van der Waals surface area contributed by atoms with Gasteiger partial charge in [-0.15, -0.1) is 0 Å². The number of hydrogen-bond acceptors (Lipinski definition) is 7. The fraction of sp³-hybridized carbons (Fsp3) is 0.478. The van der Waals surface area contributed by atoms with Crippen LogP contribution in [0.2, 0.25) is 0 Å². The standard InChI is InChI=1S/C23H27N5O4/c1-14-8-10-25-23(29)32-15(2)22-24-11-9-18(26-22)21-17-13-16(31-14)6-7-19(17)28(27-21)20-5-3-4-12-30-20/h6-7,9,11,13-15,20H,3-5,8,10,12H2,1-2H3,(H,25,29)/t14-,15?,20?/m1/s1. The summed E-state index contributed by atoms with van der Waals surface area (Å²) in [5.41, 5.74) is 2.35. The summed E-state index contributed by atoms with van der Waals surface area (Å²) in [6, 6.07) is 7.81. The fourth-order valence-electron chi connectivity index (χ4n) is 4.14. The third kappa shape index (κ3) is 4.12. The molecule has 2 aromatic heterocycles. The lowest BCUT2D eigenvalue weighted by molar-refractivity contribution is -0.0365. The number of cyclic esters (lactones) is 1. The largest absolute Gasteiger partial charge is 0.491 e. The Bertz CT molecular complexity index is 1120. The fourth-order valence-corrected chi connectivity index (χ4v) is 4.14. The van der Waals surface area contributed by atoms with Gasteiger partial charge in [0.2, 0.25) is 0 Å². The Kier molecular flexibility index (Phi) is 5.65. The number of alkyl carbamates (subject to hydrolysis) is 1. The second-order valence-corrected chi connectivity index (χ2v) is 8.28. The number of fused-ring (bicyclic) bond motifs is 4. The summed E-state index contributed by atoms with van der Waals surface area (Å²) in [6.45, 7) is 4.91. The van der Waals surface area contributed by atoms with Gasteiger partial charge in [-0.2, -0.15) is 5.10 Å². The van der Waals surface area contributed by atoms with Crippen molar-refractivity contribution >= 4 is 17.0 Å². The molecule has 5 rings (SSSR count). The molecule has 4 bridgehead atoms. The predicted molar refractivity (Wildman–Crippen MR) is 117 cm³/mol. The minimum atomic E-state index is -0.598. The maximum absolute atomic E-state index is 12.2. The molecule has 0 radical (unpaired) electrons. The second kappa shape index (κ2) is 8.74. The van der Waals surface area contributed by atoms with Gasteiger partial charge in [0.25, 0.3) is 0 Å². The van der Waals surface area contributed by atoms with Crippen LogP contribution in [0.15, 0.2) is 30.5 Å². The van der Waals surface area contributed by atoms with Crippen molar-refractivity contribution in [2.24, 2.45) is 0 Å². The van der Waals surface area contributed by atoms with Crippen LogP contribution in [0.1, 0.15) is 57.7 Å². The molecular weight excluding hydrogens is 410 g/mol. The van der Waals surface area contributed by atoms with E-state index in [-0.39, 0.29) is 12.3 Å². The van der Waals surface area contributed by atoms with E-state index in [1.165, 1.54) is 0 Å². The molecule has 1 aromatic carbocycles. The number of carbonyl (C=O) groups excluding carboxylic acids is 1. The third-order valence-corrected chi connectivity index (χ3v) is 5.83. The number of benzene rings is 1. The lowest BCUT2D eigenvalue weighted by Crippen LogP contribution is -2.29. The van der Waals surface area contributed by atoms with Gasteiger partial charge in [0.05, 0.1) is 17.3 Å². The van der Waals surface area contributed by atoms with Crippen molar-refractivity contribution in [2.45, 2.75) is 58.0 Å². The molecule has 0 aliphatic carbocycles. The molecule has 1 amide bonds. The molecule has 3 atom stereocenters. The number of carbonyl (C=O) groups is 1. The minimum absolute atomic E-state index is 0.0867. The smallest absolute Gasteiger partial charge is 0.407 e. The SMILES string of the molecule is CC1OC(=O)NCC[C@@H](C)Oc2ccc3c(c2)c(nn3C2CCCCO2)-c2ccnc1n2. The van der Waals surface area contributed by atoms with Crippen LogP contribution < -0.4 is 10.1 Å². The van der Waals surface area contributed by atoms with Gasteiger partial charge < -0.3 is 19.5 Å². The summed E-state index contributed by atoms with van der Waals surface area (Å²) in [6.07, 6.45) is 4.11. The monoisotopic (exact) mass is 437 g/mol. The lowest BCUT2D eigenvalue weighted by atomic mass is 10.1. The molecule has 1 saturated heterocycles. The number of amides is 1. The van der Waals surface area contributed by atoms with E-state index in [9.17, 15) is 4.79 Å². The van der Waals surface area contributed by atoms with Gasteiger partial charge >= 0.3 is 6.09 Å². The normalized spacial score (nSPS) is 24.2. The van der Waals surface area contributed by atoms with Crippen LogP contribution in [0, 0.1) is 0 Å². The molecule has 168 valence electrons. The summed E-state index contributed by atoms with van der Waals surface area (Å²) in [7, 11) is 0. The van der Waals surface area contributed by atoms with E-state index in [1.54, 1.807) is 13.1 Å². The van der Waals surface area contributed by atoms with E-state index < -0.39 is 12.2 Å². The lowest BCUT2D eigenvalue weighted by Gasteiger charge is -2.23. The van der Waals surface area contributed by atoms with Gasteiger partial charge in [0.15, 0.2) is 18.2 Å². The average molecular weight is 438 g/mol. The molecule has 2 aliphatic rings. The Morgan fingerprint density at radius 3 is 2.88 bits per heavy atom. The van der Waals surface area contributed by atoms with Gasteiger partial charge in [-0.1, -0.05) is 0 Å². The first-order valence-electron chi connectivity index (χ1n) is 11.2. The topological polar surface area (TPSA) is 100 Å². The first-order valence-corrected chi connectivity index (χ1v) is 11.2. The van der Waals surface area contributed by atoms with Crippen molar-refractivity contribution in [3.05, 3.63) is 36.3 Å². The molecule has 9 heteroatoms. The molecule has 32 heavy (non-hydrogen) atoms. The molecule has 1 fully saturated rings. The first kappa shape index (κ1) is 20.7. The Labute approximate surface area is 186 Å². The van der Waals surface area contributed by atoms with Gasteiger partial charge in [0.1, 0.15) is 11.4 Å². The maximum atomic E-state index is 12.2. The van der Waals surface area contributed by atoms with Crippen LogP contribution in [0.3, 0.4) is 0 Å². The summed E-state index contributed by atoms with van der Waals surface area (Å²) < 4.78 is 19.6. The van der Waals surface area contributed by atoms with Gasteiger partial charge in [0, 0.05) is 31.2 Å². The summed E-state index contributed by atoms with van der Waals surface area (Å²) in [5.74, 6) is 1.17. The highest BCUT2D eigenvalue weighted by Gasteiger charge is 2.24. The van der Waals surface area contributed by atoms with Crippen LogP contribution in [0.4, 0.5) is 4.79 Å². The van der Waals surface area contributed by atoms with Crippen molar-refractivity contribution in [3.8, 4) is 17.1 Å². The molecule has 3 aromatic rings. The van der Waals surface area contributed by atoms with Crippen LogP contribution in [-0.4, -0.2) is 45.1 Å². The van der Waals surface area contributed by atoms with E-state index in [2.05, 4.69) is 15.3 Å². The predicted octanol–water partition coefficient (Wildman–Crippen LogP) is 4.15. The molecule has 1 N–H and O–H groups in total. The maximum Gasteiger partial charge on any atom is 0.407 e. The zero-order valence-electron chi connectivity index (χ0n) is 18.3. The zero-order valence-corrected chi connectivity index (χ0v) is 18.3. The van der Waals surface area contributed by atoms with E-state index >= 15 is 0 Å². The van der Waals surface area contributed by atoms with Crippen molar-refractivity contribution < 1.29 is 19.0 Å². The molecule has 2 aliphatic heterocycles. The molecule has 4 heterocycles. The van der Waals surface area contributed by atoms with Crippen LogP contribution >= 0.6 is 0 Å². The Morgan fingerprint density at radius 1 is 1.12 bits per heavy atom. The molecule has 0 spiro atoms. The molecule has 2 unspecified atom stereocenters. The number of nitrogens with zero attached hydrogens (tertiary/aromatic N) is 4.